The molecular weight excluding hydrogens is 404 g/mol. The fourth-order valence-corrected chi connectivity index (χ4v) is 4.67. The van der Waals surface area contributed by atoms with E-state index in [4.69, 9.17) is 4.98 Å². The van der Waals surface area contributed by atoms with Crippen LogP contribution in [0.3, 0.4) is 0 Å². The summed E-state index contributed by atoms with van der Waals surface area (Å²) < 4.78 is 4.77. The summed E-state index contributed by atoms with van der Waals surface area (Å²) in [6, 6.07) is 10.7. The smallest absolute Gasteiger partial charge is 0.322 e. The summed E-state index contributed by atoms with van der Waals surface area (Å²) in [4.78, 5) is 33.3. The summed E-state index contributed by atoms with van der Waals surface area (Å²) >= 11 is 0. The minimum absolute atomic E-state index is 0.252. The molecule has 2 aromatic heterocycles. The number of aryl methyl sites for hydroxylation is 2. The highest BCUT2D eigenvalue weighted by atomic mass is 16.2. The minimum Gasteiger partial charge on any atom is -0.322 e. The van der Waals surface area contributed by atoms with Gasteiger partial charge in [-0.2, -0.15) is 0 Å². The van der Waals surface area contributed by atoms with Crippen LogP contribution in [0.25, 0.3) is 11.2 Å². The van der Waals surface area contributed by atoms with Crippen molar-refractivity contribution in [1.82, 2.24) is 18.7 Å². The first-order valence-corrected chi connectivity index (χ1v) is 11.7. The van der Waals surface area contributed by atoms with Gasteiger partial charge in [-0.05, 0) is 12.3 Å². The second-order valence-corrected chi connectivity index (χ2v) is 9.58. The maximum atomic E-state index is 13.0. The predicted molar refractivity (Wildman–Crippen MR) is 125 cm³/mol. The molecule has 0 aliphatic carbocycles. The van der Waals surface area contributed by atoms with E-state index in [0.717, 1.165) is 58.1 Å². The van der Waals surface area contributed by atoms with Crippen molar-refractivity contribution in [1.29, 1.82) is 0 Å². The molecular formula is C24H36N6O2+2. The van der Waals surface area contributed by atoms with Crippen LogP contribution >= 0.6 is 0 Å². The van der Waals surface area contributed by atoms with Gasteiger partial charge in [-0.1, -0.05) is 44.2 Å². The Hall–Kier alpha value is -2.71. The van der Waals surface area contributed by atoms with Gasteiger partial charge < -0.3 is 14.4 Å². The number of hydrogen-bond acceptors (Lipinski definition) is 3. The lowest BCUT2D eigenvalue weighted by molar-refractivity contribution is -1.02. The first-order valence-electron chi connectivity index (χ1n) is 11.7. The van der Waals surface area contributed by atoms with Crippen molar-refractivity contribution in [2.45, 2.75) is 39.9 Å². The zero-order valence-corrected chi connectivity index (χ0v) is 19.7. The molecule has 4 rings (SSSR count). The molecule has 1 aromatic carbocycles. The number of fused-ring (bicyclic) bond motifs is 1. The van der Waals surface area contributed by atoms with Crippen molar-refractivity contribution in [3.05, 3.63) is 62.6 Å². The first-order chi connectivity index (χ1) is 15.3. The molecule has 2 N–H and O–H groups in total. The van der Waals surface area contributed by atoms with Crippen molar-refractivity contribution in [2.75, 3.05) is 26.2 Å². The Balaban J connectivity index is 1.55. The Morgan fingerprint density at radius 3 is 2.19 bits per heavy atom. The van der Waals surface area contributed by atoms with Crippen molar-refractivity contribution < 1.29 is 9.80 Å². The molecule has 0 atom stereocenters. The fourth-order valence-electron chi connectivity index (χ4n) is 4.67. The van der Waals surface area contributed by atoms with E-state index < -0.39 is 0 Å². The Morgan fingerprint density at radius 1 is 0.938 bits per heavy atom. The zero-order valence-electron chi connectivity index (χ0n) is 19.7. The standard InChI is InChI=1S/C24H34N6O2/c1-18(2)10-11-30-20(25-22-21(30)23(31)27(4)24(32)26(22)3)17-29-14-12-28(13-15-29)16-19-8-6-5-7-9-19/h5-9,18H,10-17H2,1-4H3/p+2. The van der Waals surface area contributed by atoms with Crippen molar-refractivity contribution in [2.24, 2.45) is 20.0 Å². The van der Waals surface area contributed by atoms with E-state index in [1.54, 1.807) is 19.0 Å². The van der Waals surface area contributed by atoms with Gasteiger partial charge in [0.05, 0.1) is 0 Å². The molecule has 0 amide bonds. The average molecular weight is 441 g/mol. The normalized spacial score (nSPS) is 19.2. The fraction of sp³-hybridized carbons (Fsp3) is 0.542. The molecule has 8 nitrogen and oxygen atoms in total. The van der Waals surface area contributed by atoms with E-state index in [1.807, 2.05) is 0 Å². The van der Waals surface area contributed by atoms with Gasteiger partial charge in [0.25, 0.3) is 5.56 Å². The van der Waals surface area contributed by atoms with Crippen molar-refractivity contribution in [3.8, 4) is 0 Å². The summed E-state index contributed by atoms with van der Waals surface area (Å²) in [5.74, 6) is 1.44. The number of benzene rings is 1. The van der Waals surface area contributed by atoms with E-state index in [2.05, 4.69) is 48.7 Å². The molecule has 0 spiro atoms. The van der Waals surface area contributed by atoms with E-state index in [0.29, 0.717) is 17.1 Å². The highest BCUT2D eigenvalue weighted by Crippen LogP contribution is 2.13. The number of quaternary nitrogens is 2. The summed E-state index contributed by atoms with van der Waals surface area (Å²) in [5.41, 5.74) is 1.87. The van der Waals surface area contributed by atoms with Gasteiger partial charge in [0.15, 0.2) is 17.0 Å². The lowest BCUT2D eigenvalue weighted by Crippen LogP contribution is -3.27. The van der Waals surface area contributed by atoms with Gasteiger partial charge >= 0.3 is 5.69 Å². The number of aromatic nitrogens is 4. The third kappa shape index (κ3) is 4.56. The summed E-state index contributed by atoms with van der Waals surface area (Å²) in [5, 5.41) is 0. The summed E-state index contributed by atoms with van der Waals surface area (Å²) in [6.07, 6.45) is 0.967. The lowest BCUT2D eigenvalue weighted by atomic mass is 10.1. The second-order valence-electron chi connectivity index (χ2n) is 9.58. The molecule has 1 aliphatic rings. The highest BCUT2D eigenvalue weighted by Gasteiger charge is 2.27. The van der Waals surface area contributed by atoms with Gasteiger partial charge in [0.2, 0.25) is 0 Å². The highest BCUT2D eigenvalue weighted by molar-refractivity contribution is 5.71. The van der Waals surface area contributed by atoms with Crippen LogP contribution < -0.4 is 21.0 Å². The minimum atomic E-state index is -0.326. The topological polar surface area (TPSA) is 70.7 Å². The third-order valence-electron chi connectivity index (χ3n) is 6.73. The zero-order chi connectivity index (χ0) is 22.8. The van der Waals surface area contributed by atoms with Crippen LogP contribution in [-0.2, 0) is 33.7 Å². The Labute approximate surface area is 188 Å². The SMILES string of the molecule is CC(C)CCn1c(C[NH+]2CC[NH+](Cc3ccccc3)CC2)nc2c1c(=O)n(C)c(=O)n2C. The molecule has 3 aromatic rings. The molecule has 0 radical (unpaired) electrons. The molecule has 3 heterocycles. The maximum absolute atomic E-state index is 13.0. The van der Waals surface area contributed by atoms with Gasteiger partial charge in [0.1, 0.15) is 39.3 Å². The van der Waals surface area contributed by atoms with Crippen LogP contribution in [0.5, 0.6) is 0 Å². The van der Waals surface area contributed by atoms with Crippen molar-refractivity contribution >= 4 is 11.2 Å². The molecule has 1 aliphatic heterocycles. The number of piperazine rings is 1. The summed E-state index contributed by atoms with van der Waals surface area (Å²) in [7, 11) is 3.25. The van der Waals surface area contributed by atoms with E-state index in [9.17, 15) is 9.59 Å². The Kier molecular flexibility index (Phi) is 6.62. The molecule has 0 bridgehead atoms. The molecule has 0 unspecified atom stereocenters. The number of hydrogen-bond donors (Lipinski definition) is 2. The number of rotatable bonds is 7. The van der Waals surface area contributed by atoms with Crippen LogP contribution in [0.4, 0.5) is 0 Å². The van der Waals surface area contributed by atoms with E-state index in [-0.39, 0.29) is 11.2 Å². The van der Waals surface area contributed by atoms with E-state index in [1.165, 1.54) is 19.6 Å². The van der Waals surface area contributed by atoms with Crippen LogP contribution in [-0.4, -0.2) is 44.9 Å². The largest absolute Gasteiger partial charge is 0.332 e. The van der Waals surface area contributed by atoms with Gasteiger partial charge in [-0.25, -0.2) is 9.78 Å². The van der Waals surface area contributed by atoms with Crippen LogP contribution in [0, 0.1) is 5.92 Å². The molecule has 172 valence electrons. The van der Waals surface area contributed by atoms with Gasteiger partial charge in [-0.15, -0.1) is 0 Å². The molecule has 32 heavy (non-hydrogen) atoms. The van der Waals surface area contributed by atoms with E-state index >= 15 is 0 Å². The van der Waals surface area contributed by atoms with Crippen LogP contribution in [0.1, 0.15) is 31.7 Å². The molecule has 0 saturated carbocycles. The second kappa shape index (κ2) is 9.42. The molecule has 1 saturated heterocycles. The molecule has 8 heteroatoms. The monoisotopic (exact) mass is 440 g/mol. The average Bonchev–Trinajstić information content (AvgIpc) is 3.15. The number of nitrogens with one attached hydrogen (secondary N) is 2. The Bertz CT molecular complexity index is 1180. The third-order valence-corrected chi connectivity index (χ3v) is 6.73. The maximum Gasteiger partial charge on any atom is 0.332 e. The summed E-state index contributed by atoms with van der Waals surface area (Å²) in [6.45, 7) is 11.4. The first kappa shape index (κ1) is 22.5. The van der Waals surface area contributed by atoms with Crippen molar-refractivity contribution in [3.63, 3.8) is 0 Å². The van der Waals surface area contributed by atoms with Crippen LogP contribution in [0.2, 0.25) is 0 Å². The van der Waals surface area contributed by atoms with Crippen LogP contribution in [0.15, 0.2) is 39.9 Å². The van der Waals surface area contributed by atoms with Gasteiger partial charge in [-0.3, -0.25) is 13.9 Å². The lowest BCUT2D eigenvalue weighted by Gasteiger charge is -2.29. The molecule has 1 fully saturated rings. The number of nitrogens with zero attached hydrogens (tertiary/aromatic N) is 4. The van der Waals surface area contributed by atoms with Gasteiger partial charge in [0, 0.05) is 26.2 Å². The predicted octanol–water partition coefficient (Wildman–Crippen LogP) is -1.04. The number of imidazole rings is 1. The quantitative estimate of drug-likeness (QED) is 0.493. The Morgan fingerprint density at radius 2 is 1.56 bits per heavy atom.